The van der Waals surface area contributed by atoms with Crippen LogP contribution >= 0.6 is 15.9 Å². The molecule has 0 radical (unpaired) electrons. The first kappa shape index (κ1) is 19.3. The monoisotopic (exact) mass is 481 g/mol. The number of hydrogen-bond donors (Lipinski definition) is 1. The van der Waals surface area contributed by atoms with Gasteiger partial charge in [0.1, 0.15) is 11.6 Å². The zero-order chi connectivity index (χ0) is 21.4. The van der Waals surface area contributed by atoms with E-state index >= 15 is 0 Å². The van der Waals surface area contributed by atoms with Gasteiger partial charge in [0, 0.05) is 18.9 Å². The van der Waals surface area contributed by atoms with Gasteiger partial charge in [0.2, 0.25) is 5.95 Å². The van der Waals surface area contributed by atoms with Crippen LogP contribution in [0, 0.1) is 11.6 Å². The molecule has 0 bridgehead atoms. The molecule has 0 amide bonds. The van der Waals surface area contributed by atoms with Gasteiger partial charge in [0.15, 0.2) is 11.5 Å². The Morgan fingerprint density at radius 1 is 0.935 bits per heavy atom. The van der Waals surface area contributed by atoms with E-state index in [1.807, 2.05) is 36.5 Å². The van der Waals surface area contributed by atoms with Crippen molar-refractivity contribution in [3.8, 4) is 17.1 Å². The maximum atomic E-state index is 14.4. The molecule has 5 rings (SSSR count). The minimum atomic E-state index is -0.741. The average Bonchev–Trinajstić information content (AvgIpc) is 3.43. The number of para-hydroxylation sites is 1. The largest absolute Gasteiger partial charge is 0.350 e. The maximum Gasteiger partial charge on any atom is 0.228 e. The van der Waals surface area contributed by atoms with E-state index in [0.29, 0.717) is 22.6 Å². The van der Waals surface area contributed by atoms with Crippen molar-refractivity contribution >= 4 is 27.5 Å². The molecule has 154 valence electrons. The molecule has 31 heavy (non-hydrogen) atoms. The molecule has 1 N–H and O–H groups in total. The average molecular weight is 482 g/mol. The van der Waals surface area contributed by atoms with Crippen LogP contribution in [-0.4, -0.2) is 29.4 Å². The Labute approximate surface area is 183 Å². The van der Waals surface area contributed by atoms with Crippen molar-refractivity contribution in [2.24, 2.45) is 0 Å². The molecule has 10 heteroatoms. The fourth-order valence-corrected chi connectivity index (χ4v) is 3.61. The number of halogens is 3. The standard InChI is InChI=1S/C21H14BrF2N7/c22-14-12-27-31-20(14)28-19(18-15(23)6-3-7-16(18)24)29-21(31)25-11-13-5-1-2-8-17(13)30-10-4-9-26-30/h1-10,12H,11H2,(H,25,28,29). The van der Waals surface area contributed by atoms with Crippen molar-refractivity contribution in [1.29, 1.82) is 0 Å². The predicted molar refractivity (Wildman–Crippen MR) is 115 cm³/mol. The maximum absolute atomic E-state index is 14.4. The van der Waals surface area contributed by atoms with Crippen LogP contribution in [0.25, 0.3) is 22.7 Å². The summed E-state index contributed by atoms with van der Waals surface area (Å²) in [5.74, 6) is -1.26. The highest BCUT2D eigenvalue weighted by atomic mass is 79.9. The first-order valence-corrected chi connectivity index (χ1v) is 10.1. The highest BCUT2D eigenvalue weighted by molar-refractivity contribution is 9.10. The SMILES string of the molecule is Fc1cccc(F)c1-c1nc(NCc2ccccc2-n2cccn2)n2ncc(Br)c2n1. The molecule has 0 fully saturated rings. The van der Waals surface area contributed by atoms with Crippen molar-refractivity contribution in [2.75, 3.05) is 5.32 Å². The third kappa shape index (κ3) is 3.55. The van der Waals surface area contributed by atoms with Gasteiger partial charge >= 0.3 is 0 Å². The summed E-state index contributed by atoms with van der Waals surface area (Å²) in [6, 6.07) is 13.2. The van der Waals surface area contributed by atoms with Gasteiger partial charge in [-0.05, 0) is 45.8 Å². The lowest BCUT2D eigenvalue weighted by molar-refractivity contribution is 0.587. The van der Waals surface area contributed by atoms with Crippen molar-refractivity contribution in [2.45, 2.75) is 6.54 Å². The molecule has 0 aliphatic heterocycles. The highest BCUT2D eigenvalue weighted by Crippen LogP contribution is 2.27. The molecule has 0 aliphatic carbocycles. The third-order valence-electron chi connectivity index (χ3n) is 4.69. The van der Waals surface area contributed by atoms with Crippen LogP contribution in [0.4, 0.5) is 14.7 Å². The molecule has 0 saturated carbocycles. The third-order valence-corrected chi connectivity index (χ3v) is 5.25. The lowest BCUT2D eigenvalue weighted by atomic mass is 10.2. The van der Waals surface area contributed by atoms with E-state index in [2.05, 4.69) is 41.4 Å². The van der Waals surface area contributed by atoms with Crippen LogP contribution in [0.15, 0.2) is 71.6 Å². The summed E-state index contributed by atoms with van der Waals surface area (Å²) in [4.78, 5) is 8.68. The Morgan fingerprint density at radius 3 is 2.52 bits per heavy atom. The van der Waals surface area contributed by atoms with Gasteiger partial charge in [-0.3, -0.25) is 0 Å². The molecule has 0 saturated heterocycles. The van der Waals surface area contributed by atoms with Crippen LogP contribution in [-0.2, 0) is 6.54 Å². The molecule has 0 spiro atoms. The summed E-state index contributed by atoms with van der Waals surface area (Å²) in [6.45, 7) is 0.374. The zero-order valence-corrected chi connectivity index (χ0v) is 17.5. The molecule has 7 nitrogen and oxygen atoms in total. The molecule has 3 heterocycles. The normalized spacial score (nSPS) is 11.2. The van der Waals surface area contributed by atoms with E-state index in [9.17, 15) is 8.78 Å². The summed E-state index contributed by atoms with van der Waals surface area (Å²) in [5, 5.41) is 11.8. The van der Waals surface area contributed by atoms with Crippen molar-refractivity contribution in [3.63, 3.8) is 0 Å². The molecule has 0 atom stereocenters. The van der Waals surface area contributed by atoms with Crippen LogP contribution in [0.2, 0.25) is 0 Å². The number of nitrogens with one attached hydrogen (secondary N) is 1. The van der Waals surface area contributed by atoms with E-state index < -0.39 is 11.6 Å². The smallest absolute Gasteiger partial charge is 0.228 e. The van der Waals surface area contributed by atoms with Gasteiger partial charge in [-0.25, -0.2) is 18.4 Å². The highest BCUT2D eigenvalue weighted by Gasteiger charge is 2.19. The van der Waals surface area contributed by atoms with E-state index in [-0.39, 0.29) is 11.4 Å². The Kier molecular flexibility index (Phi) is 4.91. The van der Waals surface area contributed by atoms with Gasteiger partial charge in [-0.1, -0.05) is 24.3 Å². The molecular formula is C21H14BrF2N7. The number of rotatable bonds is 5. The Balaban J connectivity index is 1.57. The second-order valence-corrected chi connectivity index (χ2v) is 7.48. The Hall–Kier alpha value is -3.66. The number of hydrogen-bond acceptors (Lipinski definition) is 5. The lowest BCUT2D eigenvalue weighted by Crippen LogP contribution is -2.12. The Bertz CT molecular complexity index is 1360. The number of benzene rings is 2. The number of aromatic nitrogens is 6. The quantitative estimate of drug-likeness (QED) is 0.396. The summed E-state index contributed by atoms with van der Waals surface area (Å²) >= 11 is 3.38. The minimum Gasteiger partial charge on any atom is -0.350 e. The zero-order valence-electron chi connectivity index (χ0n) is 15.9. The number of nitrogens with zero attached hydrogens (tertiary/aromatic N) is 6. The number of anilines is 1. The summed E-state index contributed by atoms with van der Waals surface area (Å²) in [5.41, 5.74) is 1.93. The molecule has 0 aliphatic rings. The van der Waals surface area contributed by atoms with Crippen LogP contribution in [0.3, 0.4) is 0 Å². The van der Waals surface area contributed by atoms with E-state index in [1.165, 1.54) is 22.7 Å². The van der Waals surface area contributed by atoms with Crippen molar-refractivity contribution in [1.82, 2.24) is 29.4 Å². The molecule has 0 unspecified atom stereocenters. The molecule has 2 aromatic carbocycles. The first-order chi connectivity index (χ1) is 15.1. The van der Waals surface area contributed by atoms with E-state index in [1.54, 1.807) is 17.1 Å². The Morgan fingerprint density at radius 2 is 1.74 bits per heavy atom. The lowest BCUT2D eigenvalue weighted by Gasteiger charge is -2.13. The van der Waals surface area contributed by atoms with Crippen LogP contribution in [0.5, 0.6) is 0 Å². The summed E-state index contributed by atoms with van der Waals surface area (Å²) in [6.07, 6.45) is 5.11. The van der Waals surface area contributed by atoms with Gasteiger partial charge in [0.05, 0.1) is 21.9 Å². The second-order valence-electron chi connectivity index (χ2n) is 6.63. The number of fused-ring (bicyclic) bond motifs is 1. The molecular weight excluding hydrogens is 468 g/mol. The minimum absolute atomic E-state index is 0.0767. The second kappa shape index (κ2) is 7.88. The van der Waals surface area contributed by atoms with Gasteiger partial charge in [-0.2, -0.15) is 19.7 Å². The molecule has 5 aromatic rings. The van der Waals surface area contributed by atoms with Crippen molar-refractivity contribution in [3.05, 3.63) is 88.8 Å². The van der Waals surface area contributed by atoms with Crippen LogP contribution in [0.1, 0.15) is 5.56 Å². The van der Waals surface area contributed by atoms with Gasteiger partial charge in [0.25, 0.3) is 0 Å². The summed E-state index contributed by atoms with van der Waals surface area (Å²) in [7, 11) is 0. The van der Waals surface area contributed by atoms with Gasteiger partial charge < -0.3 is 5.32 Å². The topological polar surface area (TPSA) is 72.9 Å². The van der Waals surface area contributed by atoms with Gasteiger partial charge in [-0.15, -0.1) is 0 Å². The fourth-order valence-electron chi connectivity index (χ4n) is 3.26. The molecule has 3 aromatic heterocycles. The predicted octanol–water partition coefficient (Wildman–Crippen LogP) is 4.63. The first-order valence-electron chi connectivity index (χ1n) is 9.29. The van der Waals surface area contributed by atoms with Crippen LogP contribution < -0.4 is 5.32 Å². The van der Waals surface area contributed by atoms with E-state index in [0.717, 1.165) is 11.3 Å². The van der Waals surface area contributed by atoms with Crippen molar-refractivity contribution < 1.29 is 8.78 Å². The summed E-state index contributed by atoms with van der Waals surface area (Å²) < 4.78 is 32.6. The van der Waals surface area contributed by atoms with E-state index in [4.69, 9.17) is 0 Å². The fraction of sp³-hybridized carbons (Fsp3) is 0.0476.